The Morgan fingerprint density at radius 1 is 1.25 bits per heavy atom. The Labute approximate surface area is 159 Å². The van der Waals surface area contributed by atoms with Gasteiger partial charge in [-0.3, -0.25) is 9.69 Å². The summed E-state index contributed by atoms with van der Waals surface area (Å²) in [5.41, 5.74) is 0. The maximum atomic E-state index is 12.4. The number of rotatable bonds is 5. The zero-order chi connectivity index (χ0) is 17.1. The third-order valence-corrected chi connectivity index (χ3v) is 6.04. The molecule has 3 rings (SSSR count). The van der Waals surface area contributed by atoms with E-state index in [1.807, 2.05) is 0 Å². The lowest BCUT2D eigenvalue weighted by atomic mass is 10.2. The van der Waals surface area contributed by atoms with E-state index >= 15 is 0 Å². The Balaban J connectivity index is 1.59. The Morgan fingerprint density at radius 3 is 2.75 bits per heavy atom. The van der Waals surface area contributed by atoms with Crippen LogP contribution >= 0.6 is 46.1 Å². The second-order valence-electron chi connectivity index (χ2n) is 5.57. The molecule has 8 heteroatoms. The molecule has 0 bridgehead atoms. The number of carbonyl (C=O) groups excluding carboxylic acids is 1. The average molecular weight is 408 g/mol. The Morgan fingerprint density at radius 2 is 2.00 bits per heavy atom. The number of nitrogens with one attached hydrogen (secondary N) is 1. The van der Waals surface area contributed by atoms with Crippen molar-refractivity contribution < 1.29 is 9.53 Å². The van der Waals surface area contributed by atoms with Crippen LogP contribution < -0.4 is 5.32 Å². The van der Waals surface area contributed by atoms with Crippen LogP contribution in [-0.4, -0.2) is 50.2 Å². The van der Waals surface area contributed by atoms with Gasteiger partial charge in [-0.25, -0.2) is 0 Å². The van der Waals surface area contributed by atoms with Gasteiger partial charge in [-0.15, -0.1) is 11.3 Å². The number of nitrogens with zero attached hydrogens (tertiary/aromatic N) is 1. The molecule has 0 saturated carbocycles. The van der Waals surface area contributed by atoms with Gasteiger partial charge in [0.2, 0.25) is 0 Å². The summed E-state index contributed by atoms with van der Waals surface area (Å²) in [4.78, 5) is 15.2. The number of halogens is 3. The summed E-state index contributed by atoms with van der Waals surface area (Å²) >= 11 is 19.8. The number of hydrogen-bond acceptors (Lipinski definition) is 4. The summed E-state index contributed by atoms with van der Waals surface area (Å²) in [7, 11) is 0. The van der Waals surface area contributed by atoms with E-state index in [0.29, 0.717) is 31.9 Å². The molecule has 1 saturated heterocycles. The topological polar surface area (TPSA) is 41.6 Å². The van der Waals surface area contributed by atoms with Gasteiger partial charge in [0, 0.05) is 34.7 Å². The molecule has 1 aromatic carbocycles. The minimum atomic E-state index is -0.171. The monoisotopic (exact) mass is 406 g/mol. The van der Waals surface area contributed by atoms with Crippen LogP contribution in [0.5, 0.6) is 0 Å². The predicted octanol–water partition coefficient (Wildman–Crippen LogP) is 4.31. The minimum Gasteiger partial charge on any atom is -0.379 e. The summed E-state index contributed by atoms with van der Waals surface area (Å²) < 4.78 is 6.13. The lowest BCUT2D eigenvalue weighted by Gasteiger charge is -2.26. The molecule has 130 valence electrons. The van der Waals surface area contributed by atoms with E-state index in [2.05, 4.69) is 10.2 Å². The van der Waals surface area contributed by atoms with Gasteiger partial charge in [0.1, 0.15) is 4.88 Å². The van der Waals surface area contributed by atoms with Crippen molar-refractivity contribution in [2.24, 2.45) is 0 Å². The second-order valence-corrected chi connectivity index (χ2v) is 7.84. The number of carbonyl (C=O) groups is 1. The molecule has 1 fully saturated rings. The molecule has 0 radical (unpaired) electrons. The van der Waals surface area contributed by atoms with Gasteiger partial charge < -0.3 is 10.1 Å². The third-order valence-electron chi connectivity index (χ3n) is 3.90. The molecule has 1 aliphatic rings. The van der Waals surface area contributed by atoms with Gasteiger partial charge in [-0.2, -0.15) is 0 Å². The fourth-order valence-corrected chi connectivity index (χ4v) is 4.96. The van der Waals surface area contributed by atoms with Crippen LogP contribution in [0.3, 0.4) is 0 Å². The van der Waals surface area contributed by atoms with Crippen molar-refractivity contribution in [3.8, 4) is 0 Å². The lowest BCUT2D eigenvalue weighted by molar-refractivity contribution is 0.0374. The van der Waals surface area contributed by atoms with E-state index in [1.54, 1.807) is 12.1 Å². The first-order chi connectivity index (χ1) is 11.6. The van der Waals surface area contributed by atoms with Gasteiger partial charge in [-0.1, -0.05) is 34.8 Å². The number of thiophene rings is 1. The fourth-order valence-electron chi connectivity index (χ4n) is 2.67. The lowest BCUT2D eigenvalue weighted by Crippen LogP contribution is -2.38. The molecule has 2 aromatic rings. The third kappa shape index (κ3) is 4.15. The van der Waals surface area contributed by atoms with Crippen LogP contribution in [0.4, 0.5) is 0 Å². The number of hydrogen-bond donors (Lipinski definition) is 1. The zero-order valence-corrected chi connectivity index (χ0v) is 16.0. The van der Waals surface area contributed by atoms with Crippen molar-refractivity contribution in [2.45, 2.75) is 6.42 Å². The number of benzene rings is 1. The zero-order valence-electron chi connectivity index (χ0n) is 12.9. The van der Waals surface area contributed by atoms with Crippen LogP contribution in [0.25, 0.3) is 10.1 Å². The second kappa shape index (κ2) is 8.21. The van der Waals surface area contributed by atoms with E-state index in [-0.39, 0.29) is 5.91 Å². The summed E-state index contributed by atoms with van der Waals surface area (Å²) in [5, 5.41) is 5.00. The van der Waals surface area contributed by atoms with Crippen LogP contribution in [-0.2, 0) is 4.74 Å². The molecule has 0 aliphatic carbocycles. The predicted molar refractivity (Wildman–Crippen MR) is 101 cm³/mol. The highest BCUT2D eigenvalue weighted by atomic mass is 35.5. The summed E-state index contributed by atoms with van der Waals surface area (Å²) in [6.45, 7) is 5.03. The first-order valence-corrected chi connectivity index (χ1v) is 9.66. The maximum Gasteiger partial charge on any atom is 0.262 e. The van der Waals surface area contributed by atoms with Gasteiger partial charge in [0.05, 0.1) is 23.3 Å². The van der Waals surface area contributed by atoms with Gasteiger partial charge in [0.15, 0.2) is 0 Å². The van der Waals surface area contributed by atoms with Crippen LogP contribution in [0, 0.1) is 0 Å². The van der Waals surface area contributed by atoms with Crippen molar-refractivity contribution in [3.63, 3.8) is 0 Å². The van der Waals surface area contributed by atoms with Crippen molar-refractivity contribution >= 4 is 62.1 Å². The molecule has 0 spiro atoms. The first-order valence-electron chi connectivity index (χ1n) is 7.71. The fraction of sp³-hybridized carbons (Fsp3) is 0.438. The molecule has 1 aromatic heterocycles. The standard InChI is InChI=1S/C16H17Cl3N2O2S/c17-10-8-11(18)13-12(9-10)24-15(14(13)19)16(22)20-2-1-3-21-4-6-23-7-5-21/h8-9H,1-7H2,(H,20,22). The highest BCUT2D eigenvalue weighted by Crippen LogP contribution is 2.41. The molecule has 4 nitrogen and oxygen atoms in total. The van der Waals surface area contributed by atoms with E-state index in [1.165, 1.54) is 11.3 Å². The van der Waals surface area contributed by atoms with Crippen molar-refractivity contribution in [3.05, 3.63) is 32.1 Å². The highest BCUT2D eigenvalue weighted by molar-refractivity contribution is 7.21. The number of amides is 1. The Kier molecular flexibility index (Phi) is 6.24. The van der Waals surface area contributed by atoms with Crippen LogP contribution in [0.1, 0.15) is 16.1 Å². The minimum absolute atomic E-state index is 0.171. The summed E-state index contributed by atoms with van der Waals surface area (Å²) in [6.07, 6.45) is 0.890. The summed E-state index contributed by atoms with van der Waals surface area (Å²) in [6, 6.07) is 3.41. The molecule has 1 aliphatic heterocycles. The van der Waals surface area contributed by atoms with Crippen LogP contribution in [0.2, 0.25) is 15.1 Å². The largest absolute Gasteiger partial charge is 0.379 e. The maximum absolute atomic E-state index is 12.4. The molecular weight excluding hydrogens is 391 g/mol. The van der Waals surface area contributed by atoms with Gasteiger partial charge >= 0.3 is 0 Å². The molecule has 1 amide bonds. The van der Waals surface area contributed by atoms with E-state index in [0.717, 1.165) is 44.0 Å². The van der Waals surface area contributed by atoms with E-state index < -0.39 is 0 Å². The number of fused-ring (bicyclic) bond motifs is 1. The first kappa shape index (κ1) is 18.2. The SMILES string of the molecule is O=C(NCCCN1CCOCC1)c1sc2cc(Cl)cc(Cl)c2c1Cl. The van der Waals surface area contributed by atoms with Gasteiger partial charge in [0.25, 0.3) is 5.91 Å². The number of morpholine rings is 1. The van der Waals surface area contributed by atoms with Crippen molar-refractivity contribution in [1.82, 2.24) is 10.2 Å². The molecule has 0 unspecified atom stereocenters. The molecule has 0 atom stereocenters. The van der Waals surface area contributed by atoms with Gasteiger partial charge in [-0.05, 0) is 25.1 Å². The Bertz CT molecular complexity index is 744. The average Bonchev–Trinajstić information content (AvgIpc) is 2.89. The summed E-state index contributed by atoms with van der Waals surface area (Å²) in [5.74, 6) is -0.171. The normalized spacial score (nSPS) is 15.8. The molecule has 1 N–H and O–H groups in total. The Hall–Kier alpha value is -0.560. The quantitative estimate of drug-likeness (QED) is 0.751. The van der Waals surface area contributed by atoms with E-state index in [9.17, 15) is 4.79 Å². The van der Waals surface area contributed by atoms with E-state index in [4.69, 9.17) is 39.5 Å². The molecular formula is C16H17Cl3N2O2S. The molecule has 2 heterocycles. The number of ether oxygens (including phenoxy) is 1. The van der Waals surface area contributed by atoms with Crippen molar-refractivity contribution in [2.75, 3.05) is 39.4 Å². The highest BCUT2D eigenvalue weighted by Gasteiger charge is 2.19. The smallest absolute Gasteiger partial charge is 0.262 e. The van der Waals surface area contributed by atoms with Crippen LogP contribution in [0.15, 0.2) is 12.1 Å². The van der Waals surface area contributed by atoms with Crippen molar-refractivity contribution in [1.29, 1.82) is 0 Å². The molecule has 24 heavy (non-hydrogen) atoms.